The van der Waals surface area contributed by atoms with Gasteiger partial charge in [0.1, 0.15) is 0 Å². The summed E-state index contributed by atoms with van der Waals surface area (Å²) in [6.07, 6.45) is 0.537. The summed E-state index contributed by atoms with van der Waals surface area (Å²) in [7, 11) is -3.77. The molecule has 2 aliphatic heterocycles. The van der Waals surface area contributed by atoms with Gasteiger partial charge in [0, 0.05) is 29.3 Å². The van der Waals surface area contributed by atoms with Gasteiger partial charge in [-0.3, -0.25) is 9.69 Å². The lowest BCUT2D eigenvalue weighted by Gasteiger charge is -2.34. The van der Waals surface area contributed by atoms with E-state index in [0.29, 0.717) is 26.1 Å². The number of sulfonamides is 1. The Hall–Kier alpha value is -1.78. The average molecular weight is 494 g/mol. The van der Waals surface area contributed by atoms with E-state index in [1.807, 2.05) is 31.2 Å². The van der Waals surface area contributed by atoms with E-state index < -0.39 is 10.0 Å². The summed E-state index contributed by atoms with van der Waals surface area (Å²) in [4.78, 5) is 17.1. The Kier molecular flexibility index (Phi) is 6.00. The van der Waals surface area contributed by atoms with Crippen molar-refractivity contribution in [1.82, 2.24) is 4.90 Å². The topological polar surface area (TPSA) is 92.9 Å². The Morgan fingerprint density at radius 3 is 2.67 bits per heavy atom. The lowest BCUT2D eigenvalue weighted by Crippen LogP contribution is -2.47. The van der Waals surface area contributed by atoms with Crippen molar-refractivity contribution in [3.05, 3.63) is 58.1 Å². The molecule has 1 amide bonds. The molecule has 0 aromatic heterocycles. The third-order valence-electron chi connectivity index (χ3n) is 5.62. The SMILES string of the molecule is CC1Cc2cc(S(N)(=O)=O)ccc2N1C(=O)CN1CCOC(c2ccc(Br)cc2)C1. The number of rotatable bonds is 4. The van der Waals surface area contributed by atoms with Crippen LogP contribution in [0.3, 0.4) is 0 Å². The van der Waals surface area contributed by atoms with E-state index in [1.165, 1.54) is 6.07 Å². The molecule has 2 aromatic carbocycles. The summed E-state index contributed by atoms with van der Waals surface area (Å²) < 4.78 is 30.2. The number of hydrogen-bond donors (Lipinski definition) is 1. The minimum atomic E-state index is -3.77. The number of carbonyl (C=O) groups excluding carboxylic acids is 1. The number of morpholine rings is 1. The van der Waals surface area contributed by atoms with Crippen LogP contribution in [0.5, 0.6) is 0 Å². The second kappa shape index (κ2) is 8.39. The van der Waals surface area contributed by atoms with Gasteiger partial charge in [0.2, 0.25) is 15.9 Å². The average Bonchev–Trinajstić information content (AvgIpc) is 3.03. The van der Waals surface area contributed by atoms with Crippen LogP contribution < -0.4 is 10.0 Å². The number of hydrogen-bond acceptors (Lipinski definition) is 5. The quantitative estimate of drug-likeness (QED) is 0.705. The van der Waals surface area contributed by atoms with Crippen LogP contribution in [0, 0.1) is 0 Å². The van der Waals surface area contributed by atoms with Crippen molar-refractivity contribution in [1.29, 1.82) is 0 Å². The molecule has 2 unspecified atom stereocenters. The monoisotopic (exact) mass is 493 g/mol. The van der Waals surface area contributed by atoms with Crippen molar-refractivity contribution < 1.29 is 17.9 Å². The summed E-state index contributed by atoms with van der Waals surface area (Å²) in [5.74, 6) is 0.000983. The number of fused-ring (bicyclic) bond motifs is 1. The van der Waals surface area contributed by atoms with E-state index >= 15 is 0 Å². The van der Waals surface area contributed by atoms with Gasteiger partial charge in [0.05, 0.1) is 24.2 Å². The fraction of sp³-hybridized carbons (Fsp3) is 0.381. The molecule has 0 aliphatic carbocycles. The first-order valence-electron chi connectivity index (χ1n) is 9.79. The molecule has 0 saturated carbocycles. The zero-order valence-corrected chi connectivity index (χ0v) is 19.0. The highest BCUT2D eigenvalue weighted by Gasteiger charge is 2.33. The number of benzene rings is 2. The number of nitrogens with zero attached hydrogens (tertiary/aromatic N) is 2. The molecule has 4 rings (SSSR count). The fourth-order valence-electron chi connectivity index (χ4n) is 4.16. The Morgan fingerprint density at radius 1 is 1.23 bits per heavy atom. The molecule has 1 fully saturated rings. The molecule has 2 aliphatic rings. The van der Waals surface area contributed by atoms with Gasteiger partial charge < -0.3 is 9.64 Å². The van der Waals surface area contributed by atoms with Gasteiger partial charge in [-0.15, -0.1) is 0 Å². The third-order valence-corrected chi connectivity index (χ3v) is 7.05. The minimum absolute atomic E-state index is 0.000983. The predicted molar refractivity (Wildman–Crippen MR) is 118 cm³/mol. The normalized spacial score (nSPS) is 22.2. The third kappa shape index (κ3) is 4.45. The number of ether oxygens (including phenoxy) is 1. The van der Waals surface area contributed by atoms with Gasteiger partial charge in [-0.05, 0) is 54.8 Å². The summed E-state index contributed by atoms with van der Waals surface area (Å²) in [6, 6.07) is 12.7. The van der Waals surface area contributed by atoms with Crippen molar-refractivity contribution in [3.63, 3.8) is 0 Å². The molecular weight excluding hydrogens is 470 g/mol. The van der Waals surface area contributed by atoms with Crippen molar-refractivity contribution in [2.24, 2.45) is 5.14 Å². The van der Waals surface area contributed by atoms with Crippen LogP contribution in [-0.4, -0.2) is 51.5 Å². The Labute approximate surface area is 185 Å². The summed E-state index contributed by atoms with van der Waals surface area (Å²) in [6.45, 7) is 4.17. The second-order valence-corrected chi connectivity index (χ2v) is 10.3. The summed E-state index contributed by atoms with van der Waals surface area (Å²) >= 11 is 3.44. The zero-order chi connectivity index (χ0) is 21.5. The number of anilines is 1. The van der Waals surface area contributed by atoms with E-state index in [4.69, 9.17) is 9.88 Å². The highest BCUT2D eigenvalue weighted by molar-refractivity contribution is 9.10. The van der Waals surface area contributed by atoms with Gasteiger partial charge in [-0.1, -0.05) is 28.1 Å². The number of carbonyl (C=O) groups is 1. The number of halogens is 1. The van der Waals surface area contributed by atoms with E-state index in [1.54, 1.807) is 17.0 Å². The van der Waals surface area contributed by atoms with Crippen LogP contribution in [0.2, 0.25) is 0 Å². The molecule has 0 radical (unpaired) electrons. The van der Waals surface area contributed by atoms with Crippen LogP contribution in [0.25, 0.3) is 0 Å². The van der Waals surface area contributed by atoms with E-state index in [0.717, 1.165) is 21.3 Å². The number of nitrogens with two attached hydrogens (primary N) is 1. The molecule has 9 heteroatoms. The largest absolute Gasteiger partial charge is 0.371 e. The van der Waals surface area contributed by atoms with E-state index in [-0.39, 0.29) is 29.5 Å². The molecule has 2 aromatic rings. The highest BCUT2D eigenvalue weighted by Crippen LogP contribution is 2.34. The zero-order valence-electron chi connectivity index (χ0n) is 16.6. The van der Waals surface area contributed by atoms with Crippen LogP contribution in [0.15, 0.2) is 51.8 Å². The predicted octanol–water partition coefficient (Wildman–Crippen LogP) is 2.45. The van der Waals surface area contributed by atoms with Gasteiger partial charge in [0.25, 0.3) is 0 Å². The smallest absolute Gasteiger partial charge is 0.241 e. The molecule has 0 spiro atoms. The first-order valence-corrected chi connectivity index (χ1v) is 12.1. The van der Waals surface area contributed by atoms with Crippen LogP contribution >= 0.6 is 15.9 Å². The summed E-state index contributed by atoms with van der Waals surface area (Å²) in [5, 5.41) is 5.24. The lowest BCUT2D eigenvalue weighted by atomic mass is 10.1. The van der Waals surface area contributed by atoms with Gasteiger partial charge in [0.15, 0.2) is 0 Å². The molecule has 160 valence electrons. The number of primary sulfonamides is 1. The molecule has 0 bridgehead atoms. The summed E-state index contributed by atoms with van der Waals surface area (Å²) in [5.41, 5.74) is 2.68. The van der Waals surface area contributed by atoms with Gasteiger partial charge in [-0.2, -0.15) is 0 Å². The Morgan fingerprint density at radius 2 is 1.97 bits per heavy atom. The standard InChI is InChI=1S/C21H24BrN3O4S/c1-14-10-16-11-18(30(23,27)28)6-7-19(16)25(14)21(26)13-24-8-9-29-20(12-24)15-2-4-17(22)5-3-15/h2-7,11,14,20H,8-10,12-13H2,1H3,(H2,23,27,28). The van der Waals surface area contributed by atoms with Crippen LogP contribution in [0.4, 0.5) is 5.69 Å². The number of amides is 1. The van der Waals surface area contributed by atoms with E-state index in [9.17, 15) is 13.2 Å². The Bertz CT molecular complexity index is 1060. The van der Waals surface area contributed by atoms with Gasteiger partial charge in [-0.25, -0.2) is 13.6 Å². The maximum atomic E-state index is 13.2. The maximum absolute atomic E-state index is 13.2. The molecule has 2 heterocycles. The van der Waals surface area contributed by atoms with Crippen LogP contribution in [-0.2, 0) is 26.0 Å². The lowest BCUT2D eigenvalue weighted by molar-refractivity contribution is -0.122. The highest BCUT2D eigenvalue weighted by atomic mass is 79.9. The molecular formula is C21H24BrN3O4S. The first-order chi connectivity index (χ1) is 14.2. The van der Waals surface area contributed by atoms with Gasteiger partial charge >= 0.3 is 0 Å². The van der Waals surface area contributed by atoms with Crippen molar-refractivity contribution in [3.8, 4) is 0 Å². The minimum Gasteiger partial charge on any atom is -0.371 e. The second-order valence-electron chi connectivity index (χ2n) is 7.80. The van der Waals surface area contributed by atoms with Crippen molar-refractivity contribution >= 4 is 37.5 Å². The molecule has 30 heavy (non-hydrogen) atoms. The molecule has 7 nitrogen and oxygen atoms in total. The first kappa shape index (κ1) is 21.5. The molecule has 2 N–H and O–H groups in total. The van der Waals surface area contributed by atoms with Crippen molar-refractivity contribution in [2.45, 2.75) is 30.4 Å². The fourth-order valence-corrected chi connectivity index (χ4v) is 4.99. The van der Waals surface area contributed by atoms with Crippen molar-refractivity contribution in [2.75, 3.05) is 31.1 Å². The Balaban J connectivity index is 1.47. The molecule has 2 atom stereocenters. The molecule has 1 saturated heterocycles. The van der Waals surface area contributed by atoms with E-state index in [2.05, 4.69) is 20.8 Å². The van der Waals surface area contributed by atoms with Crippen LogP contribution in [0.1, 0.15) is 24.2 Å². The maximum Gasteiger partial charge on any atom is 0.241 e.